The minimum atomic E-state index is -0.669. The number of hydrogen-bond acceptors (Lipinski definition) is 4. The zero-order chi connectivity index (χ0) is 17.2. The number of carboxylic acid groups (broad SMARTS) is 1. The van der Waals surface area contributed by atoms with Gasteiger partial charge in [0.15, 0.2) is 0 Å². The van der Waals surface area contributed by atoms with Gasteiger partial charge in [0.05, 0.1) is 16.4 Å². The van der Waals surface area contributed by atoms with Crippen LogP contribution in [0.4, 0.5) is 11.4 Å². The van der Waals surface area contributed by atoms with Crippen LogP contribution >= 0.6 is 11.6 Å². The third-order valence-corrected chi connectivity index (χ3v) is 6.19. The molecule has 0 aromatic heterocycles. The van der Waals surface area contributed by atoms with Crippen molar-refractivity contribution in [2.75, 3.05) is 23.5 Å². The van der Waals surface area contributed by atoms with E-state index in [1.54, 1.807) is 12.1 Å². The van der Waals surface area contributed by atoms with E-state index in [1.165, 1.54) is 0 Å². The molecule has 0 radical (unpaired) electrons. The van der Waals surface area contributed by atoms with Gasteiger partial charge in [0.2, 0.25) is 0 Å². The third kappa shape index (κ3) is 3.78. The molecule has 0 bridgehead atoms. The molecule has 24 heavy (non-hydrogen) atoms. The molecule has 0 amide bonds. The lowest BCUT2D eigenvalue weighted by atomic mass is 9.65. The van der Waals surface area contributed by atoms with Crippen molar-refractivity contribution in [1.29, 1.82) is 0 Å². The SMILES string of the molecule is O=C(O)CC1CCC2(CC1)CCN(c1cc(NO)ccc1Cl)CC2. The highest BCUT2D eigenvalue weighted by Crippen LogP contribution is 2.48. The predicted octanol–water partition coefficient (Wildman–Crippen LogP) is 4.39. The zero-order valence-corrected chi connectivity index (χ0v) is 14.6. The van der Waals surface area contributed by atoms with Crippen LogP contribution in [-0.2, 0) is 4.79 Å². The molecule has 132 valence electrons. The summed E-state index contributed by atoms with van der Waals surface area (Å²) >= 11 is 6.32. The highest BCUT2D eigenvalue weighted by atomic mass is 35.5. The first-order valence-corrected chi connectivity index (χ1v) is 9.05. The van der Waals surface area contributed by atoms with E-state index in [1.807, 2.05) is 6.07 Å². The molecule has 1 aliphatic heterocycles. The molecule has 5 nitrogen and oxygen atoms in total. The summed E-state index contributed by atoms with van der Waals surface area (Å²) in [6.07, 6.45) is 6.93. The largest absolute Gasteiger partial charge is 0.481 e. The second-order valence-corrected chi connectivity index (χ2v) is 7.71. The standard InChI is InChI=1S/C18H25ClN2O3/c19-15-2-1-14(20-24)12-16(15)21-9-7-18(8-10-21)5-3-13(4-6-18)11-17(22)23/h1-2,12-13,20,24H,3-11H2,(H,22,23). The zero-order valence-electron chi connectivity index (χ0n) is 13.8. The fourth-order valence-electron chi connectivity index (χ4n) is 4.29. The maximum atomic E-state index is 10.9. The van der Waals surface area contributed by atoms with Crippen LogP contribution in [-0.4, -0.2) is 29.4 Å². The predicted molar refractivity (Wildman–Crippen MR) is 95.0 cm³/mol. The molecule has 1 saturated heterocycles. The van der Waals surface area contributed by atoms with Crippen molar-refractivity contribution in [1.82, 2.24) is 0 Å². The van der Waals surface area contributed by atoms with Crippen LogP contribution in [0, 0.1) is 11.3 Å². The van der Waals surface area contributed by atoms with Crippen molar-refractivity contribution in [3.8, 4) is 0 Å². The maximum Gasteiger partial charge on any atom is 0.303 e. The summed E-state index contributed by atoms with van der Waals surface area (Å²) in [6.45, 7) is 1.91. The minimum absolute atomic E-state index is 0.318. The van der Waals surface area contributed by atoms with E-state index in [0.29, 0.717) is 28.5 Å². The van der Waals surface area contributed by atoms with Gasteiger partial charge in [-0.05, 0) is 68.1 Å². The molecule has 0 atom stereocenters. The number of aliphatic carboxylic acids is 1. The first kappa shape index (κ1) is 17.4. The van der Waals surface area contributed by atoms with Crippen molar-refractivity contribution >= 4 is 28.9 Å². The number of rotatable bonds is 4. The average Bonchev–Trinajstić information content (AvgIpc) is 2.58. The first-order valence-electron chi connectivity index (χ1n) is 8.68. The number of carbonyl (C=O) groups is 1. The lowest BCUT2D eigenvalue weighted by Crippen LogP contribution is -2.42. The molecule has 1 saturated carbocycles. The molecular formula is C18H25ClN2O3. The Morgan fingerprint density at radius 2 is 1.92 bits per heavy atom. The van der Waals surface area contributed by atoms with E-state index in [2.05, 4.69) is 10.4 Å². The quantitative estimate of drug-likeness (QED) is 0.701. The number of nitrogens with one attached hydrogen (secondary N) is 1. The summed E-state index contributed by atoms with van der Waals surface area (Å²) in [5.41, 5.74) is 4.16. The second-order valence-electron chi connectivity index (χ2n) is 7.31. The Kier molecular flexibility index (Phi) is 5.21. The van der Waals surface area contributed by atoms with E-state index in [9.17, 15) is 4.79 Å². The van der Waals surface area contributed by atoms with E-state index >= 15 is 0 Å². The Balaban J connectivity index is 1.59. The van der Waals surface area contributed by atoms with Crippen molar-refractivity contribution in [3.63, 3.8) is 0 Å². The lowest BCUT2D eigenvalue weighted by Gasteiger charge is -2.46. The Morgan fingerprint density at radius 1 is 1.25 bits per heavy atom. The van der Waals surface area contributed by atoms with E-state index in [0.717, 1.165) is 57.3 Å². The fraction of sp³-hybridized carbons (Fsp3) is 0.611. The molecule has 6 heteroatoms. The van der Waals surface area contributed by atoms with Gasteiger partial charge in [0, 0.05) is 19.5 Å². The van der Waals surface area contributed by atoms with Crippen LogP contribution in [0.25, 0.3) is 0 Å². The summed E-state index contributed by atoms with van der Waals surface area (Å²) < 4.78 is 0. The molecular weight excluding hydrogens is 328 g/mol. The highest BCUT2D eigenvalue weighted by Gasteiger charge is 2.38. The Hall–Kier alpha value is -1.46. The molecule has 0 unspecified atom stereocenters. The van der Waals surface area contributed by atoms with Gasteiger partial charge < -0.3 is 10.0 Å². The average molecular weight is 353 g/mol. The molecule has 3 N–H and O–H groups in total. The molecule has 2 aliphatic rings. The van der Waals surface area contributed by atoms with Crippen LogP contribution in [0.2, 0.25) is 5.02 Å². The van der Waals surface area contributed by atoms with Crippen molar-refractivity contribution in [2.24, 2.45) is 11.3 Å². The lowest BCUT2D eigenvalue weighted by molar-refractivity contribution is -0.138. The molecule has 1 aromatic rings. The number of carboxylic acids is 1. The van der Waals surface area contributed by atoms with Crippen LogP contribution in [0.1, 0.15) is 44.9 Å². The molecule has 1 spiro atoms. The number of anilines is 2. The molecule has 1 heterocycles. The topological polar surface area (TPSA) is 72.8 Å². The summed E-state index contributed by atoms with van der Waals surface area (Å²) in [4.78, 5) is 13.2. The third-order valence-electron chi connectivity index (χ3n) is 5.87. The maximum absolute atomic E-state index is 10.9. The van der Waals surface area contributed by atoms with Gasteiger partial charge in [-0.15, -0.1) is 0 Å². The Morgan fingerprint density at radius 3 is 2.50 bits per heavy atom. The Bertz CT molecular complexity index is 590. The minimum Gasteiger partial charge on any atom is -0.481 e. The van der Waals surface area contributed by atoms with Crippen LogP contribution < -0.4 is 10.4 Å². The second kappa shape index (κ2) is 7.19. The van der Waals surface area contributed by atoms with Gasteiger partial charge in [-0.25, -0.2) is 0 Å². The normalized spacial score (nSPS) is 21.0. The van der Waals surface area contributed by atoms with Crippen molar-refractivity contribution in [2.45, 2.75) is 44.9 Å². The molecule has 2 fully saturated rings. The first-order chi connectivity index (χ1) is 11.5. The summed E-state index contributed by atoms with van der Waals surface area (Å²) in [5.74, 6) is -0.314. The summed E-state index contributed by atoms with van der Waals surface area (Å²) in [5, 5.41) is 18.7. The van der Waals surface area contributed by atoms with Gasteiger partial charge in [-0.1, -0.05) is 11.6 Å². The van der Waals surface area contributed by atoms with E-state index < -0.39 is 5.97 Å². The monoisotopic (exact) mass is 352 g/mol. The number of hydrogen-bond donors (Lipinski definition) is 3. The van der Waals surface area contributed by atoms with Gasteiger partial charge in [0.1, 0.15) is 0 Å². The van der Waals surface area contributed by atoms with Crippen LogP contribution in [0.5, 0.6) is 0 Å². The van der Waals surface area contributed by atoms with Crippen molar-refractivity contribution < 1.29 is 15.1 Å². The number of benzene rings is 1. The van der Waals surface area contributed by atoms with Crippen LogP contribution in [0.3, 0.4) is 0 Å². The van der Waals surface area contributed by atoms with Crippen LogP contribution in [0.15, 0.2) is 18.2 Å². The summed E-state index contributed by atoms with van der Waals surface area (Å²) in [7, 11) is 0. The smallest absolute Gasteiger partial charge is 0.303 e. The van der Waals surface area contributed by atoms with Gasteiger partial charge in [-0.3, -0.25) is 15.5 Å². The van der Waals surface area contributed by atoms with Gasteiger partial charge >= 0.3 is 5.97 Å². The fourth-order valence-corrected chi connectivity index (χ4v) is 4.52. The summed E-state index contributed by atoms with van der Waals surface area (Å²) in [6, 6.07) is 5.43. The molecule has 1 aromatic carbocycles. The van der Waals surface area contributed by atoms with Gasteiger partial charge in [-0.2, -0.15) is 0 Å². The highest BCUT2D eigenvalue weighted by molar-refractivity contribution is 6.33. The number of nitrogens with zero attached hydrogens (tertiary/aromatic N) is 1. The van der Waals surface area contributed by atoms with E-state index in [-0.39, 0.29) is 0 Å². The Labute approximate surface area is 147 Å². The van der Waals surface area contributed by atoms with Gasteiger partial charge in [0.25, 0.3) is 0 Å². The molecule has 3 rings (SSSR count). The molecule has 1 aliphatic carbocycles. The van der Waals surface area contributed by atoms with E-state index in [4.69, 9.17) is 21.9 Å². The number of halogens is 1. The van der Waals surface area contributed by atoms with Crippen molar-refractivity contribution in [3.05, 3.63) is 23.2 Å². The number of piperidine rings is 1.